The van der Waals surface area contributed by atoms with Gasteiger partial charge in [0, 0.05) is 13.1 Å². The Morgan fingerprint density at radius 2 is 2.04 bits per heavy atom. The van der Waals surface area contributed by atoms with Crippen molar-refractivity contribution < 1.29 is 27.2 Å². The normalized spacial score (nSPS) is 17.3. The minimum atomic E-state index is -4.43. The molecule has 0 saturated carbocycles. The Labute approximate surface area is 147 Å². The Hall–Kier alpha value is -2.77. The molecule has 0 spiro atoms. The average molecular weight is 366 g/mol. The molecule has 0 unspecified atom stereocenters. The number of nitrogens with zero attached hydrogens (tertiary/aromatic N) is 1. The van der Waals surface area contributed by atoms with Gasteiger partial charge in [-0.1, -0.05) is 12.1 Å². The number of amides is 2. The summed E-state index contributed by atoms with van der Waals surface area (Å²) in [5.41, 5.74) is -0.421. The van der Waals surface area contributed by atoms with Crippen molar-refractivity contribution in [3.05, 3.63) is 59.5 Å². The quantitative estimate of drug-likeness (QED) is 0.904. The summed E-state index contributed by atoms with van der Waals surface area (Å²) in [7, 11) is 0. The van der Waals surface area contributed by atoms with Crippen molar-refractivity contribution in [3.63, 3.8) is 0 Å². The van der Waals surface area contributed by atoms with Gasteiger partial charge in [0.1, 0.15) is 6.04 Å². The Kier molecular flexibility index (Phi) is 5.01. The molecule has 1 saturated heterocycles. The average Bonchev–Trinajstić information content (AvgIpc) is 3.30. The Balaban J connectivity index is 1.64. The number of nitrogens with one attached hydrogen (secondary N) is 1. The highest BCUT2D eigenvalue weighted by atomic mass is 19.4. The molecule has 1 aliphatic rings. The smallest absolute Gasteiger partial charge is 0.416 e. The van der Waals surface area contributed by atoms with Crippen molar-refractivity contribution in [2.75, 3.05) is 6.54 Å². The fourth-order valence-electron chi connectivity index (χ4n) is 2.99. The van der Waals surface area contributed by atoms with Crippen LogP contribution in [0.5, 0.6) is 0 Å². The van der Waals surface area contributed by atoms with E-state index in [1.165, 1.54) is 29.4 Å². The minimum Gasteiger partial charge on any atom is -0.459 e. The fraction of sp³-hybridized carbons (Fsp3) is 0.333. The molecule has 1 aromatic carbocycles. The molecule has 5 nitrogen and oxygen atoms in total. The molecule has 1 aromatic heterocycles. The molecule has 1 fully saturated rings. The summed E-state index contributed by atoms with van der Waals surface area (Å²) in [6.45, 7) is 0.392. The second-order valence-electron chi connectivity index (χ2n) is 6.05. The van der Waals surface area contributed by atoms with Gasteiger partial charge in [0.25, 0.3) is 5.91 Å². The first kappa shape index (κ1) is 18.0. The van der Waals surface area contributed by atoms with E-state index in [2.05, 4.69) is 5.32 Å². The number of hydrogen-bond donors (Lipinski definition) is 1. The molecule has 0 bridgehead atoms. The van der Waals surface area contributed by atoms with Crippen molar-refractivity contribution in [1.82, 2.24) is 10.2 Å². The number of carbonyl (C=O) groups excluding carboxylic acids is 2. The highest BCUT2D eigenvalue weighted by Gasteiger charge is 2.35. The van der Waals surface area contributed by atoms with Crippen LogP contribution in [-0.4, -0.2) is 29.3 Å². The molecular formula is C18H17F3N2O3. The van der Waals surface area contributed by atoms with Crippen molar-refractivity contribution in [2.24, 2.45) is 0 Å². The minimum absolute atomic E-state index is 0.0396. The van der Waals surface area contributed by atoms with Crippen molar-refractivity contribution in [3.8, 4) is 0 Å². The van der Waals surface area contributed by atoms with Gasteiger partial charge in [-0.15, -0.1) is 0 Å². The molecule has 0 aliphatic carbocycles. The second-order valence-corrected chi connectivity index (χ2v) is 6.05. The molecule has 138 valence electrons. The van der Waals surface area contributed by atoms with Gasteiger partial charge in [0.05, 0.1) is 11.8 Å². The third kappa shape index (κ3) is 3.89. The number of furan rings is 1. The zero-order valence-corrected chi connectivity index (χ0v) is 13.8. The number of hydrogen-bond acceptors (Lipinski definition) is 3. The molecule has 2 aromatic rings. The zero-order chi connectivity index (χ0) is 18.7. The van der Waals surface area contributed by atoms with Crippen molar-refractivity contribution >= 4 is 11.8 Å². The fourth-order valence-corrected chi connectivity index (χ4v) is 2.99. The topological polar surface area (TPSA) is 62.6 Å². The Bertz CT molecular complexity index is 787. The van der Waals surface area contributed by atoms with E-state index in [1.807, 2.05) is 0 Å². The van der Waals surface area contributed by atoms with Gasteiger partial charge < -0.3 is 14.6 Å². The molecule has 8 heteroatoms. The highest BCUT2D eigenvalue weighted by molar-refractivity contribution is 5.95. The van der Waals surface area contributed by atoms with E-state index in [-0.39, 0.29) is 24.1 Å². The van der Waals surface area contributed by atoms with E-state index in [9.17, 15) is 22.8 Å². The molecule has 0 radical (unpaired) electrons. The second kappa shape index (κ2) is 7.23. The van der Waals surface area contributed by atoms with Crippen LogP contribution in [0.3, 0.4) is 0 Å². The van der Waals surface area contributed by atoms with Crippen LogP contribution in [-0.2, 0) is 17.5 Å². The lowest BCUT2D eigenvalue weighted by Crippen LogP contribution is -2.45. The van der Waals surface area contributed by atoms with E-state index < -0.39 is 17.8 Å². The predicted octanol–water partition coefficient (Wildman–Crippen LogP) is 3.22. The Morgan fingerprint density at radius 3 is 2.73 bits per heavy atom. The molecule has 3 rings (SSSR count). The monoisotopic (exact) mass is 366 g/mol. The first-order valence-electron chi connectivity index (χ1n) is 8.14. The van der Waals surface area contributed by atoms with Gasteiger partial charge in [-0.3, -0.25) is 9.59 Å². The maximum atomic E-state index is 12.7. The van der Waals surface area contributed by atoms with E-state index in [1.54, 1.807) is 6.07 Å². The molecule has 2 amide bonds. The SMILES string of the molecule is O=C(NCc1cccc(C(F)(F)F)c1)[C@@H]1CCCN1C(=O)c1ccco1. The summed E-state index contributed by atoms with van der Waals surface area (Å²) >= 11 is 0. The van der Waals surface area contributed by atoms with Crippen LogP contribution in [0.25, 0.3) is 0 Å². The first-order valence-corrected chi connectivity index (χ1v) is 8.14. The molecule has 2 heterocycles. The van der Waals surface area contributed by atoms with Crippen LogP contribution >= 0.6 is 0 Å². The van der Waals surface area contributed by atoms with E-state index in [4.69, 9.17) is 4.42 Å². The lowest BCUT2D eigenvalue weighted by atomic mass is 10.1. The largest absolute Gasteiger partial charge is 0.459 e. The molecule has 26 heavy (non-hydrogen) atoms. The number of carbonyl (C=O) groups is 2. The lowest BCUT2D eigenvalue weighted by molar-refractivity contribution is -0.137. The zero-order valence-electron chi connectivity index (χ0n) is 13.8. The standard InChI is InChI=1S/C18H17F3N2O3/c19-18(20,21)13-5-1-4-12(10-13)11-22-16(24)14-6-2-8-23(14)17(25)15-7-3-9-26-15/h1,3-5,7,9-10,14H,2,6,8,11H2,(H,22,24)/t14-/m0/s1. The van der Waals surface area contributed by atoms with Crippen LogP contribution < -0.4 is 5.32 Å². The van der Waals surface area contributed by atoms with Crippen LogP contribution in [0.15, 0.2) is 47.1 Å². The van der Waals surface area contributed by atoms with E-state index in [0.717, 1.165) is 12.1 Å². The summed E-state index contributed by atoms with van der Waals surface area (Å²) in [4.78, 5) is 26.2. The summed E-state index contributed by atoms with van der Waals surface area (Å²) in [6, 6.07) is 7.25. The Morgan fingerprint density at radius 1 is 1.23 bits per heavy atom. The maximum Gasteiger partial charge on any atom is 0.416 e. The number of likely N-dealkylation sites (tertiary alicyclic amines) is 1. The first-order chi connectivity index (χ1) is 12.4. The molecule has 1 atom stereocenters. The summed E-state index contributed by atoms with van der Waals surface area (Å²) < 4.78 is 43.3. The van der Waals surface area contributed by atoms with Gasteiger partial charge in [-0.05, 0) is 42.7 Å². The third-order valence-electron chi connectivity index (χ3n) is 4.27. The summed E-state index contributed by atoms with van der Waals surface area (Å²) in [5.74, 6) is -0.603. The van der Waals surface area contributed by atoms with Crippen molar-refractivity contribution in [2.45, 2.75) is 31.6 Å². The van der Waals surface area contributed by atoms with Gasteiger partial charge in [0.2, 0.25) is 5.91 Å². The van der Waals surface area contributed by atoms with Gasteiger partial charge in [-0.25, -0.2) is 0 Å². The summed E-state index contributed by atoms with van der Waals surface area (Å²) in [5, 5.41) is 2.62. The number of halogens is 3. The lowest BCUT2D eigenvalue weighted by Gasteiger charge is -2.23. The molecule has 1 aliphatic heterocycles. The maximum absolute atomic E-state index is 12.7. The van der Waals surface area contributed by atoms with Crippen molar-refractivity contribution in [1.29, 1.82) is 0 Å². The van der Waals surface area contributed by atoms with E-state index in [0.29, 0.717) is 24.9 Å². The molecular weight excluding hydrogens is 349 g/mol. The van der Waals surface area contributed by atoms with Gasteiger partial charge in [0.15, 0.2) is 5.76 Å². The van der Waals surface area contributed by atoms with Crippen LogP contribution in [0.1, 0.15) is 34.5 Å². The van der Waals surface area contributed by atoms with Gasteiger partial charge in [-0.2, -0.15) is 13.2 Å². The van der Waals surface area contributed by atoms with Crippen LogP contribution in [0.4, 0.5) is 13.2 Å². The predicted molar refractivity (Wildman–Crippen MR) is 86.1 cm³/mol. The van der Waals surface area contributed by atoms with E-state index >= 15 is 0 Å². The van der Waals surface area contributed by atoms with Gasteiger partial charge >= 0.3 is 6.18 Å². The number of alkyl halides is 3. The number of benzene rings is 1. The van der Waals surface area contributed by atoms with Crippen LogP contribution in [0, 0.1) is 0 Å². The summed E-state index contributed by atoms with van der Waals surface area (Å²) in [6.07, 6.45) is -1.88. The number of rotatable bonds is 4. The third-order valence-corrected chi connectivity index (χ3v) is 4.27. The van der Waals surface area contributed by atoms with Crippen LogP contribution in [0.2, 0.25) is 0 Å². The molecule has 1 N–H and O–H groups in total. The highest BCUT2D eigenvalue weighted by Crippen LogP contribution is 2.29.